The van der Waals surface area contributed by atoms with Crippen LogP contribution >= 0.6 is 11.6 Å². The normalized spacial score (nSPS) is 22.2. The number of hydrogen-bond donors (Lipinski definition) is 2. The second-order valence-corrected chi connectivity index (χ2v) is 5.03. The van der Waals surface area contributed by atoms with Crippen LogP contribution < -0.4 is 5.32 Å². The molecule has 1 amide bonds. The molecule has 4 nitrogen and oxygen atoms in total. The Bertz CT molecular complexity index is 521. The molecule has 2 rings (SSSR count). The summed E-state index contributed by atoms with van der Waals surface area (Å²) < 4.78 is 13.5. The maximum Gasteiger partial charge on any atom is 0.307 e. The number of carboxylic acid groups (broad SMARTS) is 1. The van der Waals surface area contributed by atoms with E-state index in [1.165, 1.54) is 12.1 Å². The highest BCUT2D eigenvalue weighted by Gasteiger charge is 2.37. The second-order valence-electron chi connectivity index (χ2n) is 4.60. The largest absolute Gasteiger partial charge is 0.481 e. The van der Waals surface area contributed by atoms with Crippen molar-refractivity contribution in [2.75, 3.05) is 5.32 Å². The van der Waals surface area contributed by atoms with Crippen LogP contribution in [0.5, 0.6) is 0 Å². The van der Waals surface area contributed by atoms with Crippen molar-refractivity contribution in [1.29, 1.82) is 0 Å². The van der Waals surface area contributed by atoms with Gasteiger partial charge in [-0.05, 0) is 31.0 Å². The third-order valence-corrected chi connectivity index (χ3v) is 3.59. The summed E-state index contributed by atoms with van der Waals surface area (Å²) in [6.07, 6.45) is 1.67. The molecular weight excluding hydrogens is 273 g/mol. The SMILES string of the molecule is O=C(O)C1CCCC1C(=O)Nc1cc(Cl)ccc1F. The highest BCUT2D eigenvalue weighted by molar-refractivity contribution is 6.30. The first-order valence-corrected chi connectivity index (χ1v) is 6.35. The minimum atomic E-state index is -0.982. The first kappa shape index (κ1) is 13.8. The summed E-state index contributed by atoms with van der Waals surface area (Å²) in [5.41, 5.74) is -0.0199. The number of benzene rings is 1. The molecule has 1 aliphatic carbocycles. The average molecular weight is 286 g/mol. The van der Waals surface area contributed by atoms with Crippen molar-refractivity contribution < 1.29 is 19.1 Å². The molecule has 1 aromatic carbocycles. The van der Waals surface area contributed by atoms with E-state index in [0.717, 1.165) is 6.07 Å². The van der Waals surface area contributed by atoms with Gasteiger partial charge in [0.1, 0.15) is 5.82 Å². The molecule has 0 radical (unpaired) electrons. The maximum atomic E-state index is 13.5. The third-order valence-electron chi connectivity index (χ3n) is 3.36. The van der Waals surface area contributed by atoms with Gasteiger partial charge < -0.3 is 10.4 Å². The molecule has 0 aliphatic heterocycles. The van der Waals surface area contributed by atoms with Gasteiger partial charge in [-0.2, -0.15) is 0 Å². The van der Waals surface area contributed by atoms with Gasteiger partial charge in [0, 0.05) is 5.02 Å². The Labute approximate surface area is 114 Å². The lowest BCUT2D eigenvalue weighted by Gasteiger charge is -2.16. The summed E-state index contributed by atoms with van der Waals surface area (Å²) in [4.78, 5) is 23.0. The van der Waals surface area contributed by atoms with E-state index in [-0.39, 0.29) is 5.69 Å². The van der Waals surface area contributed by atoms with Crippen LogP contribution in [-0.2, 0) is 9.59 Å². The van der Waals surface area contributed by atoms with Crippen molar-refractivity contribution in [2.24, 2.45) is 11.8 Å². The lowest BCUT2D eigenvalue weighted by atomic mass is 9.95. The molecule has 0 heterocycles. The standard InChI is InChI=1S/C13H13ClFNO3/c14-7-4-5-10(15)11(6-7)16-12(17)8-2-1-3-9(8)13(18)19/h4-6,8-9H,1-3H2,(H,16,17)(H,18,19). The highest BCUT2D eigenvalue weighted by atomic mass is 35.5. The van der Waals surface area contributed by atoms with Crippen LogP contribution in [0.1, 0.15) is 19.3 Å². The molecule has 2 N–H and O–H groups in total. The van der Waals surface area contributed by atoms with Crippen molar-refractivity contribution in [3.05, 3.63) is 29.0 Å². The monoisotopic (exact) mass is 285 g/mol. The van der Waals surface area contributed by atoms with Gasteiger partial charge in [0.25, 0.3) is 0 Å². The van der Waals surface area contributed by atoms with Crippen LogP contribution in [0.15, 0.2) is 18.2 Å². The fraction of sp³-hybridized carbons (Fsp3) is 0.385. The number of halogens is 2. The molecule has 1 aromatic rings. The van der Waals surface area contributed by atoms with Gasteiger partial charge in [0.15, 0.2) is 0 Å². The summed E-state index contributed by atoms with van der Waals surface area (Å²) in [6.45, 7) is 0. The minimum absolute atomic E-state index is 0.0199. The molecule has 2 atom stereocenters. The molecule has 19 heavy (non-hydrogen) atoms. The summed E-state index contributed by atoms with van der Waals surface area (Å²) in [5, 5.41) is 11.7. The number of carboxylic acids is 1. The van der Waals surface area contributed by atoms with Gasteiger partial charge in [0.2, 0.25) is 5.91 Å². The third kappa shape index (κ3) is 3.04. The molecule has 1 saturated carbocycles. The quantitative estimate of drug-likeness (QED) is 0.897. The van der Waals surface area contributed by atoms with Gasteiger partial charge in [0.05, 0.1) is 17.5 Å². The fourth-order valence-corrected chi connectivity index (χ4v) is 2.56. The topological polar surface area (TPSA) is 66.4 Å². The Morgan fingerprint density at radius 3 is 2.68 bits per heavy atom. The van der Waals surface area contributed by atoms with E-state index >= 15 is 0 Å². The van der Waals surface area contributed by atoms with Gasteiger partial charge >= 0.3 is 5.97 Å². The molecule has 0 aromatic heterocycles. The van der Waals surface area contributed by atoms with Crippen molar-refractivity contribution in [1.82, 2.24) is 0 Å². The van der Waals surface area contributed by atoms with E-state index in [2.05, 4.69) is 5.32 Å². The summed E-state index contributed by atoms with van der Waals surface area (Å²) in [6, 6.07) is 3.84. The van der Waals surface area contributed by atoms with E-state index in [0.29, 0.717) is 24.3 Å². The zero-order chi connectivity index (χ0) is 14.0. The number of anilines is 1. The van der Waals surface area contributed by atoms with Crippen LogP contribution in [0.2, 0.25) is 5.02 Å². The van der Waals surface area contributed by atoms with Crippen molar-refractivity contribution in [3.63, 3.8) is 0 Å². The Hall–Kier alpha value is -1.62. The zero-order valence-electron chi connectivity index (χ0n) is 10.0. The molecule has 1 fully saturated rings. The number of hydrogen-bond acceptors (Lipinski definition) is 2. The number of carbonyl (C=O) groups is 2. The summed E-state index contributed by atoms with van der Waals surface area (Å²) in [5.74, 6) is -3.35. The van der Waals surface area contributed by atoms with Gasteiger partial charge in [-0.25, -0.2) is 4.39 Å². The number of carbonyl (C=O) groups excluding carboxylic acids is 1. The van der Waals surface area contributed by atoms with Crippen molar-refractivity contribution in [2.45, 2.75) is 19.3 Å². The zero-order valence-corrected chi connectivity index (χ0v) is 10.8. The molecule has 1 aliphatic rings. The van der Waals surface area contributed by atoms with Crippen LogP contribution in [0.4, 0.5) is 10.1 Å². The van der Waals surface area contributed by atoms with Crippen LogP contribution in [-0.4, -0.2) is 17.0 Å². The molecule has 102 valence electrons. The van der Waals surface area contributed by atoms with Gasteiger partial charge in [-0.1, -0.05) is 18.0 Å². The molecular formula is C13H13ClFNO3. The highest BCUT2D eigenvalue weighted by Crippen LogP contribution is 2.33. The fourth-order valence-electron chi connectivity index (χ4n) is 2.39. The Kier molecular flexibility index (Phi) is 4.04. The summed E-state index contributed by atoms with van der Waals surface area (Å²) in [7, 11) is 0. The van der Waals surface area contributed by atoms with Crippen molar-refractivity contribution in [3.8, 4) is 0 Å². The predicted octanol–water partition coefficient (Wildman–Crippen LogP) is 2.92. The van der Waals surface area contributed by atoms with E-state index < -0.39 is 29.5 Å². The molecule has 0 bridgehead atoms. The minimum Gasteiger partial charge on any atom is -0.481 e. The Morgan fingerprint density at radius 2 is 2.00 bits per heavy atom. The molecule has 0 saturated heterocycles. The van der Waals surface area contributed by atoms with Crippen molar-refractivity contribution >= 4 is 29.2 Å². The summed E-state index contributed by atoms with van der Waals surface area (Å²) >= 11 is 5.73. The van der Waals surface area contributed by atoms with E-state index in [1.54, 1.807) is 0 Å². The Morgan fingerprint density at radius 1 is 1.32 bits per heavy atom. The maximum absolute atomic E-state index is 13.5. The first-order valence-electron chi connectivity index (χ1n) is 5.98. The number of aliphatic carboxylic acids is 1. The van der Waals surface area contributed by atoms with Gasteiger partial charge in [-0.15, -0.1) is 0 Å². The molecule has 2 unspecified atom stereocenters. The molecule has 0 spiro atoms. The first-order chi connectivity index (χ1) is 8.99. The predicted molar refractivity (Wildman–Crippen MR) is 68.5 cm³/mol. The smallest absolute Gasteiger partial charge is 0.307 e. The molecule has 6 heteroatoms. The lowest BCUT2D eigenvalue weighted by molar-refractivity contribution is -0.145. The lowest BCUT2D eigenvalue weighted by Crippen LogP contribution is -2.30. The van der Waals surface area contributed by atoms with Crippen LogP contribution in [0.3, 0.4) is 0 Å². The number of nitrogens with one attached hydrogen (secondary N) is 1. The second kappa shape index (κ2) is 5.57. The van der Waals surface area contributed by atoms with E-state index in [4.69, 9.17) is 16.7 Å². The average Bonchev–Trinajstić information content (AvgIpc) is 2.83. The number of rotatable bonds is 3. The van der Waals surface area contributed by atoms with Gasteiger partial charge in [-0.3, -0.25) is 9.59 Å². The van der Waals surface area contributed by atoms with E-state index in [1.807, 2.05) is 0 Å². The Balaban J connectivity index is 2.12. The van der Waals surface area contributed by atoms with E-state index in [9.17, 15) is 14.0 Å². The number of amides is 1. The van der Waals surface area contributed by atoms with Crippen LogP contribution in [0, 0.1) is 17.7 Å². The van der Waals surface area contributed by atoms with Crippen LogP contribution in [0.25, 0.3) is 0 Å².